The number of amides is 1. The lowest BCUT2D eigenvalue weighted by atomic mass is 9.95. The fourth-order valence-electron chi connectivity index (χ4n) is 4.80. The van der Waals surface area contributed by atoms with Gasteiger partial charge in [-0.3, -0.25) is 9.69 Å². The van der Waals surface area contributed by atoms with Gasteiger partial charge >= 0.3 is 5.97 Å². The molecule has 174 valence electrons. The first-order chi connectivity index (χ1) is 16.0. The number of nitrogens with zero attached hydrogens (tertiary/aromatic N) is 2. The number of carbonyl (C=O) groups is 2. The minimum Gasteiger partial charge on any atom is -0.465 e. The number of piperazine rings is 1. The van der Waals surface area contributed by atoms with Gasteiger partial charge in [-0.2, -0.15) is 0 Å². The van der Waals surface area contributed by atoms with Gasteiger partial charge in [0.15, 0.2) is 0 Å². The van der Waals surface area contributed by atoms with E-state index < -0.39 is 0 Å². The predicted octanol–water partition coefficient (Wildman–Crippen LogP) is 4.01. The van der Waals surface area contributed by atoms with E-state index in [9.17, 15) is 9.59 Å². The van der Waals surface area contributed by atoms with E-state index in [0.717, 1.165) is 29.7 Å². The molecule has 2 aromatic carbocycles. The molecule has 6 heteroatoms. The van der Waals surface area contributed by atoms with E-state index >= 15 is 0 Å². The molecule has 4 rings (SSSR count). The Labute approximate surface area is 195 Å². The van der Waals surface area contributed by atoms with E-state index in [1.807, 2.05) is 41.3 Å². The molecule has 0 bridgehead atoms. The topological polar surface area (TPSA) is 59.1 Å². The highest BCUT2D eigenvalue weighted by Crippen LogP contribution is 2.27. The zero-order chi connectivity index (χ0) is 23.4. The van der Waals surface area contributed by atoms with Crippen LogP contribution in [0.5, 0.6) is 0 Å². The van der Waals surface area contributed by atoms with E-state index in [-0.39, 0.29) is 24.0 Å². The van der Waals surface area contributed by atoms with Gasteiger partial charge in [0.1, 0.15) is 0 Å². The number of benzene rings is 2. The molecule has 0 spiro atoms. The minimum absolute atomic E-state index is 0.0961. The van der Waals surface area contributed by atoms with Crippen molar-refractivity contribution in [2.45, 2.75) is 38.9 Å². The summed E-state index contributed by atoms with van der Waals surface area (Å²) in [4.78, 5) is 29.6. The summed E-state index contributed by atoms with van der Waals surface area (Å²) in [5, 5.41) is 0. The molecule has 1 amide bonds. The van der Waals surface area contributed by atoms with E-state index in [1.165, 1.54) is 12.7 Å². The third-order valence-corrected chi connectivity index (χ3v) is 6.60. The molecule has 2 aliphatic heterocycles. The molecule has 2 aromatic rings. The molecule has 6 nitrogen and oxygen atoms in total. The van der Waals surface area contributed by atoms with Crippen molar-refractivity contribution in [1.82, 2.24) is 9.80 Å². The molecule has 0 N–H and O–H groups in total. The average Bonchev–Trinajstić information content (AvgIpc) is 2.86. The Morgan fingerprint density at radius 3 is 2.36 bits per heavy atom. The van der Waals surface area contributed by atoms with Crippen LogP contribution in [0.15, 0.2) is 54.6 Å². The number of carbonyl (C=O) groups excluding carboxylic acids is 2. The summed E-state index contributed by atoms with van der Waals surface area (Å²) >= 11 is 0. The van der Waals surface area contributed by atoms with Gasteiger partial charge in [0.05, 0.1) is 25.9 Å². The van der Waals surface area contributed by atoms with Crippen molar-refractivity contribution in [2.24, 2.45) is 0 Å². The molecular formula is C27H32N2O4. The fraction of sp³-hybridized carbons (Fsp3) is 0.407. The minimum atomic E-state index is -0.327. The second-order valence-corrected chi connectivity index (χ2v) is 8.87. The van der Waals surface area contributed by atoms with Crippen LogP contribution in [0.4, 0.5) is 0 Å². The third-order valence-electron chi connectivity index (χ3n) is 6.60. The van der Waals surface area contributed by atoms with Gasteiger partial charge in [0.2, 0.25) is 0 Å². The van der Waals surface area contributed by atoms with Gasteiger partial charge in [-0.25, -0.2) is 4.79 Å². The summed E-state index contributed by atoms with van der Waals surface area (Å²) in [5.41, 5.74) is 4.69. The van der Waals surface area contributed by atoms with Crippen molar-refractivity contribution in [1.29, 1.82) is 0 Å². The maximum absolute atomic E-state index is 13.6. The van der Waals surface area contributed by atoms with Gasteiger partial charge in [-0.15, -0.1) is 0 Å². The van der Waals surface area contributed by atoms with Crippen LogP contribution in [0.3, 0.4) is 0 Å². The zero-order valence-corrected chi connectivity index (χ0v) is 19.6. The van der Waals surface area contributed by atoms with Gasteiger partial charge in [0, 0.05) is 37.3 Å². The largest absolute Gasteiger partial charge is 0.465 e. The quantitative estimate of drug-likeness (QED) is 0.647. The predicted molar refractivity (Wildman–Crippen MR) is 128 cm³/mol. The highest BCUT2D eigenvalue weighted by molar-refractivity contribution is 5.99. The lowest BCUT2D eigenvalue weighted by Gasteiger charge is -2.44. The molecule has 0 unspecified atom stereocenters. The molecule has 2 atom stereocenters. The summed E-state index contributed by atoms with van der Waals surface area (Å²) in [6, 6.07) is 15.9. The summed E-state index contributed by atoms with van der Waals surface area (Å²) in [6.07, 6.45) is 2.92. The number of rotatable bonds is 5. The molecular weight excluding hydrogens is 416 g/mol. The van der Waals surface area contributed by atoms with Crippen molar-refractivity contribution < 1.29 is 19.1 Å². The summed E-state index contributed by atoms with van der Waals surface area (Å²) in [6.45, 7) is 7.78. The molecule has 2 aliphatic rings. The van der Waals surface area contributed by atoms with Crippen LogP contribution < -0.4 is 0 Å². The molecule has 1 saturated heterocycles. The summed E-state index contributed by atoms with van der Waals surface area (Å²) < 4.78 is 10.2. The van der Waals surface area contributed by atoms with Crippen molar-refractivity contribution in [3.05, 3.63) is 76.9 Å². The van der Waals surface area contributed by atoms with Crippen molar-refractivity contribution in [3.8, 4) is 0 Å². The first-order valence-electron chi connectivity index (χ1n) is 11.6. The first-order valence-corrected chi connectivity index (χ1v) is 11.6. The Morgan fingerprint density at radius 1 is 1.03 bits per heavy atom. The maximum atomic E-state index is 13.6. The van der Waals surface area contributed by atoms with Crippen LogP contribution in [0.1, 0.15) is 52.1 Å². The average molecular weight is 449 g/mol. The maximum Gasteiger partial charge on any atom is 0.337 e. The summed E-state index contributed by atoms with van der Waals surface area (Å²) in [5.74, 6) is -0.231. The van der Waals surface area contributed by atoms with Crippen molar-refractivity contribution in [2.75, 3.05) is 33.4 Å². The number of hydrogen-bond acceptors (Lipinski definition) is 5. The molecule has 0 saturated carbocycles. The van der Waals surface area contributed by atoms with Crippen molar-refractivity contribution in [3.63, 3.8) is 0 Å². The normalized spacial score (nSPS) is 21.4. The lowest BCUT2D eigenvalue weighted by Crippen LogP contribution is -2.57. The smallest absolute Gasteiger partial charge is 0.337 e. The molecule has 0 aliphatic carbocycles. The highest BCUT2D eigenvalue weighted by Gasteiger charge is 2.33. The Balaban J connectivity index is 1.46. The number of esters is 1. The van der Waals surface area contributed by atoms with Gasteiger partial charge in [0.25, 0.3) is 5.91 Å². The second kappa shape index (κ2) is 10.3. The monoisotopic (exact) mass is 448 g/mol. The SMILES string of the molecule is COC(=O)c1ccc(CN2[C@H](C)CN(C(=O)c3ccccc3C3=CCOCC3)C[C@@H]2C)cc1. The first kappa shape index (κ1) is 23.2. The van der Waals surface area contributed by atoms with Crippen LogP contribution >= 0.6 is 0 Å². The van der Waals surface area contributed by atoms with Gasteiger partial charge in [-0.1, -0.05) is 36.4 Å². The second-order valence-electron chi connectivity index (χ2n) is 8.87. The van der Waals surface area contributed by atoms with Crippen LogP contribution in [0.2, 0.25) is 0 Å². The Kier molecular flexibility index (Phi) is 7.26. The van der Waals surface area contributed by atoms with E-state index in [4.69, 9.17) is 9.47 Å². The van der Waals surface area contributed by atoms with E-state index in [1.54, 1.807) is 12.1 Å². The fourth-order valence-corrected chi connectivity index (χ4v) is 4.80. The number of ether oxygens (including phenoxy) is 2. The van der Waals surface area contributed by atoms with E-state index in [2.05, 4.69) is 24.8 Å². The van der Waals surface area contributed by atoms with Gasteiger partial charge in [-0.05, 0) is 55.2 Å². The van der Waals surface area contributed by atoms with Crippen LogP contribution in [0.25, 0.3) is 5.57 Å². The molecule has 2 heterocycles. The highest BCUT2D eigenvalue weighted by atomic mass is 16.5. The number of methoxy groups -OCH3 is 1. The van der Waals surface area contributed by atoms with Crippen LogP contribution in [-0.4, -0.2) is 67.2 Å². The Bertz CT molecular complexity index is 1020. The zero-order valence-electron chi connectivity index (χ0n) is 19.6. The van der Waals surface area contributed by atoms with Crippen molar-refractivity contribution >= 4 is 17.4 Å². The molecule has 0 radical (unpaired) electrons. The Morgan fingerprint density at radius 2 is 1.73 bits per heavy atom. The van der Waals surface area contributed by atoms with Crippen LogP contribution in [-0.2, 0) is 16.0 Å². The third kappa shape index (κ3) is 5.18. The molecule has 33 heavy (non-hydrogen) atoms. The Hall–Kier alpha value is -2.96. The molecule has 1 fully saturated rings. The van der Waals surface area contributed by atoms with E-state index in [0.29, 0.717) is 31.9 Å². The standard InChI is InChI=1S/C27H32N2O4/c1-19-16-28(26(30)25-7-5-4-6-24(25)22-12-14-33-15-13-22)17-20(2)29(19)18-21-8-10-23(11-9-21)27(31)32-3/h4-12,19-20H,13-18H2,1-3H3/t19-,20+. The summed E-state index contributed by atoms with van der Waals surface area (Å²) in [7, 11) is 1.39. The molecule has 0 aromatic heterocycles. The number of hydrogen-bond donors (Lipinski definition) is 0. The van der Waals surface area contributed by atoms with Gasteiger partial charge < -0.3 is 14.4 Å². The lowest BCUT2D eigenvalue weighted by molar-refractivity contribution is 0.0269. The van der Waals surface area contributed by atoms with Crippen LogP contribution in [0, 0.1) is 0 Å².